The number of rotatable bonds is 3. The molecule has 2 aliphatic rings. The molecule has 1 saturated carbocycles. The van der Waals surface area contributed by atoms with E-state index in [0.717, 1.165) is 39.2 Å². The van der Waals surface area contributed by atoms with E-state index in [0.29, 0.717) is 29.6 Å². The second kappa shape index (κ2) is 8.13. The molecule has 176 valence electrons. The number of hydrogen-bond acceptors (Lipinski definition) is 7. The van der Waals surface area contributed by atoms with E-state index in [1.54, 1.807) is 0 Å². The number of fused-ring (bicyclic) bond motifs is 2. The number of anilines is 1. The Morgan fingerprint density at radius 1 is 1.21 bits per heavy atom. The number of benzene rings is 1. The van der Waals surface area contributed by atoms with Crippen molar-refractivity contribution in [2.45, 2.75) is 43.6 Å². The number of pyridine rings is 1. The maximum absolute atomic E-state index is 11.1. The molecule has 0 amide bonds. The van der Waals surface area contributed by atoms with E-state index in [9.17, 15) is 10.2 Å². The van der Waals surface area contributed by atoms with Gasteiger partial charge in [0.1, 0.15) is 29.0 Å². The Labute approximate surface area is 209 Å². The van der Waals surface area contributed by atoms with Gasteiger partial charge in [-0.1, -0.05) is 23.7 Å². The van der Waals surface area contributed by atoms with Crippen LogP contribution in [0.25, 0.3) is 21.9 Å². The fourth-order valence-electron chi connectivity index (χ4n) is 5.83. The lowest BCUT2D eigenvalue weighted by atomic mass is 9.80. The molecule has 1 aromatic carbocycles. The van der Waals surface area contributed by atoms with Gasteiger partial charge in [-0.05, 0) is 59.0 Å². The van der Waals surface area contributed by atoms with Crippen molar-refractivity contribution in [2.75, 3.05) is 12.3 Å². The summed E-state index contributed by atoms with van der Waals surface area (Å²) >= 11 is 9.61. The molecule has 0 bridgehead atoms. The van der Waals surface area contributed by atoms with E-state index < -0.39 is 17.6 Å². The zero-order chi connectivity index (χ0) is 23.6. The predicted octanol–water partition coefficient (Wildman–Crippen LogP) is 3.24. The molecule has 5 N–H and O–H groups in total. The third-order valence-electron chi connectivity index (χ3n) is 7.53. The summed E-state index contributed by atoms with van der Waals surface area (Å²) in [4.78, 5) is 12.9. The molecule has 0 radical (unpaired) electrons. The standard InChI is InChI=1S/C24H24BrClN6O2/c25-16-7-13-2-1-12(6-17(13)31-21(16)26)5-14-8-24(10-28-14)9-18(19(33)20(24)34)32-4-3-15-22(27)29-11-30-23(15)32/h1-4,6-7,11,14,18-20,28,33-34H,5,8-10H2,(H2,27,29,30)/t14-,18-,19+,20+,24+/m1/s1. The Balaban J connectivity index is 1.23. The summed E-state index contributed by atoms with van der Waals surface area (Å²) in [5, 5.41) is 28.0. The first kappa shape index (κ1) is 22.2. The van der Waals surface area contributed by atoms with Crippen LogP contribution in [-0.2, 0) is 6.42 Å². The smallest absolute Gasteiger partial charge is 0.145 e. The van der Waals surface area contributed by atoms with Crippen molar-refractivity contribution in [2.24, 2.45) is 5.41 Å². The Hall–Kier alpha value is -2.30. The first-order valence-electron chi connectivity index (χ1n) is 11.3. The van der Waals surface area contributed by atoms with Crippen LogP contribution in [0, 0.1) is 5.41 Å². The highest BCUT2D eigenvalue weighted by Crippen LogP contribution is 2.50. The molecule has 5 atom stereocenters. The van der Waals surface area contributed by atoms with Gasteiger partial charge in [-0.25, -0.2) is 15.0 Å². The minimum atomic E-state index is -0.891. The maximum atomic E-state index is 11.1. The Morgan fingerprint density at radius 3 is 2.91 bits per heavy atom. The van der Waals surface area contributed by atoms with Crippen LogP contribution in [0.5, 0.6) is 0 Å². The van der Waals surface area contributed by atoms with Crippen LogP contribution in [0.15, 0.2) is 47.3 Å². The summed E-state index contributed by atoms with van der Waals surface area (Å²) < 4.78 is 2.71. The number of aromatic nitrogens is 4. The van der Waals surface area contributed by atoms with E-state index in [2.05, 4.69) is 54.4 Å². The zero-order valence-corrected chi connectivity index (χ0v) is 20.5. The fourth-order valence-corrected chi connectivity index (χ4v) is 6.32. The number of aliphatic hydroxyl groups excluding tert-OH is 2. The number of nitrogens with two attached hydrogens (primary N) is 1. The molecular formula is C24H24BrClN6O2. The molecule has 1 saturated heterocycles. The van der Waals surface area contributed by atoms with Crippen LogP contribution in [0.4, 0.5) is 5.82 Å². The Morgan fingerprint density at radius 2 is 2.06 bits per heavy atom. The van der Waals surface area contributed by atoms with Crippen molar-refractivity contribution < 1.29 is 10.2 Å². The second-order valence-corrected chi connectivity index (χ2v) is 10.8. The van der Waals surface area contributed by atoms with Gasteiger partial charge in [0, 0.05) is 29.6 Å². The maximum Gasteiger partial charge on any atom is 0.145 e. The average molecular weight is 544 g/mol. The minimum absolute atomic E-state index is 0.184. The molecule has 10 heteroatoms. The summed E-state index contributed by atoms with van der Waals surface area (Å²) in [5.41, 5.74) is 8.27. The van der Waals surface area contributed by atoms with E-state index in [1.807, 2.05) is 22.9 Å². The van der Waals surface area contributed by atoms with Crippen LogP contribution < -0.4 is 11.1 Å². The number of nitrogens with zero attached hydrogens (tertiary/aromatic N) is 4. The quantitative estimate of drug-likeness (QED) is 0.293. The molecule has 6 rings (SSSR count). The lowest BCUT2D eigenvalue weighted by Crippen LogP contribution is -2.38. The second-order valence-electron chi connectivity index (χ2n) is 9.56. The number of halogens is 2. The monoisotopic (exact) mass is 542 g/mol. The first-order chi connectivity index (χ1) is 16.3. The van der Waals surface area contributed by atoms with Gasteiger partial charge in [0.05, 0.1) is 27.5 Å². The Kier molecular flexibility index (Phi) is 5.31. The predicted molar refractivity (Wildman–Crippen MR) is 135 cm³/mol. The molecule has 4 heterocycles. The topological polar surface area (TPSA) is 122 Å². The third kappa shape index (κ3) is 3.49. The van der Waals surface area contributed by atoms with Crippen LogP contribution in [-0.4, -0.2) is 54.5 Å². The molecule has 34 heavy (non-hydrogen) atoms. The highest BCUT2D eigenvalue weighted by atomic mass is 79.9. The van der Waals surface area contributed by atoms with Crippen molar-refractivity contribution in [1.82, 2.24) is 24.8 Å². The molecular weight excluding hydrogens is 520 g/mol. The van der Waals surface area contributed by atoms with Crippen LogP contribution in [0.1, 0.15) is 24.4 Å². The number of aliphatic hydroxyl groups is 2. The van der Waals surface area contributed by atoms with E-state index in [-0.39, 0.29) is 12.1 Å². The van der Waals surface area contributed by atoms with Crippen molar-refractivity contribution in [3.05, 3.63) is 58.0 Å². The SMILES string of the molecule is Nc1ncnc2c1ccn2[C@@H]1C[C@@]2(CN[C@H](Cc3ccc4cc(Br)c(Cl)nc4c3)C2)[C@@H](O)[C@H]1O. The molecule has 3 aromatic heterocycles. The molecule has 4 aromatic rings. The number of nitrogen functional groups attached to an aromatic ring is 1. The average Bonchev–Trinajstić information content (AvgIpc) is 3.49. The van der Waals surface area contributed by atoms with Crippen LogP contribution >= 0.6 is 27.5 Å². The van der Waals surface area contributed by atoms with Crippen molar-refractivity contribution in [3.8, 4) is 0 Å². The van der Waals surface area contributed by atoms with Crippen molar-refractivity contribution in [1.29, 1.82) is 0 Å². The van der Waals surface area contributed by atoms with Gasteiger partial charge in [0.2, 0.25) is 0 Å². The molecule has 2 fully saturated rings. The number of hydrogen-bond donors (Lipinski definition) is 4. The van der Waals surface area contributed by atoms with Gasteiger partial charge < -0.3 is 25.8 Å². The van der Waals surface area contributed by atoms with E-state index >= 15 is 0 Å². The summed E-state index contributed by atoms with van der Waals surface area (Å²) in [6.45, 7) is 0.646. The first-order valence-corrected chi connectivity index (χ1v) is 12.4. The lowest BCUT2D eigenvalue weighted by Gasteiger charge is -2.27. The van der Waals surface area contributed by atoms with Gasteiger partial charge in [-0.3, -0.25) is 0 Å². The van der Waals surface area contributed by atoms with Gasteiger partial charge in [0.15, 0.2) is 0 Å². The van der Waals surface area contributed by atoms with Crippen molar-refractivity contribution in [3.63, 3.8) is 0 Å². The highest BCUT2D eigenvalue weighted by Gasteiger charge is 2.56. The Bertz CT molecular complexity index is 1410. The summed E-state index contributed by atoms with van der Waals surface area (Å²) in [5.74, 6) is 0.410. The number of nitrogens with one attached hydrogen (secondary N) is 1. The lowest BCUT2D eigenvalue weighted by molar-refractivity contribution is -0.0217. The minimum Gasteiger partial charge on any atom is -0.390 e. The molecule has 1 spiro atoms. The highest BCUT2D eigenvalue weighted by molar-refractivity contribution is 9.10. The normalized spacial score (nSPS) is 29.1. The van der Waals surface area contributed by atoms with Gasteiger partial charge in [-0.2, -0.15) is 0 Å². The third-order valence-corrected chi connectivity index (χ3v) is 8.65. The van der Waals surface area contributed by atoms with Crippen molar-refractivity contribution >= 4 is 55.3 Å². The summed E-state index contributed by atoms with van der Waals surface area (Å²) in [7, 11) is 0. The molecule has 1 aliphatic carbocycles. The molecule has 8 nitrogen and oxygen atoms in total. The van der Waals surface area contributed by atoms with E-state index in [4.69, 9.17) is 17.3 Å². The van der Waals surface area contributed by atoms with Crippen LogP contribution in [0.3, 0.4) is 0 Å². The molecule has 0 unspecified atom stereocenters. The largest absolute Gasteiger partial charge is 0.390 e. The van der Waals surface area contributed by atoms with Gasteiger partial charge in [-0.15, -0.1) is 0 Å². The zero-order valence-electron chi connectivity index (χ0n) is 18.2. The van der Waals surface area contributed by atoms with Crippen LogP contribution in [0.2, 0.25) is 5.15 Å². The molecule has 1 aliphatic heterocycles. The van der Waals surface area contributed by atoms with Gasteiger partial charge in [0.25, 0.3) is 0 Å². The van der Waals surface area contributed by atoms with E-state index in [1.165, 1.54) is 6.33 Å². The summed E-state index contributed by atoms with van der Waals surface area (Å²) in [6, 6.07) is 9.96. The summed E-state index contributed by atoms with van der Waals surface area (Å²) in [6.07, 6.45) is 3.80. The fraction of sp³-hybridized carbons (Fsp3) is 0.375. The van der Waals surface area contributed by atoms with Gasteiger partial charge >= 0.3 is 0 Å².